The van der Waals surface area contributed by atoms with Gasteiger partial charge in [-0.25, -0.2) is 18.4 Å². The largest absolute Gasteiger partial charge is 0.352 e. The Morgan fingerprint density at radius 3 is 2.54 bits per heavy atom. The molecule has 3 saturated carbocycles. The second-order valence-corrected chi connectivity index (χ2v) is 14.2. The summed E-state index contributed by atoms with van der Waals surface area (Å²) in [5.41, 5.74) is 0.228. The van der Waals surface area contributed by atoms with E-state index in [1.165, 1.54) is 17.7 Å². The van der Waals surface area contributed by atoms with Crippen LogP contribution in [0.1, 0.15) is 49.5 Å². The Morgan fingerprint density at radius 2 is 1.85 bits per heavy atom. The zero-order valence-electron chi connectivity index (χ0n) is 22.2. The first-order valence-corrected chi connectivity index (χ1v) is 16.3. The molecule has 4 fully saturated rings. The standard InChI is InChI=1S/C27H27N9O3S2/c28-14-27(7-8-27)33-41(38,39)18-5-6-19-20(13-18)36(26-32-31-24(40-26)16-1-2-16)23-21(19)22(29-15-30-23)34-9-11-35(12-10-34)25(37)17-3-4-17/h5-6,13,15-17,33H,1-4,7-12H2. The van der Waals surface area contributed by atoms with Crippen LogP contribution in [0.4, 0.5) is 5.82 Å². The van der Waals surface area contributed by atoms with Gasteiger partial charge in [0.2, 0.25) is 21.1 Å². The van der Waals surface area contributed by atoms with Gasteiger partial charge < -0.3 is 9.80 Å². The molecule has 210 valence electrons. The van der Waals surface area contributed by atoms with Crippen LogP contribution in [0.3, 0.4) is 0 Å². The van der Waals surface area contributed by atoms with Gasteiger partial charge in [0.1, 0.15) is 22.7 Å². The molecule has 4 aromatic rings. The Balaban J connectivity index is 1.25. The smallest absolute Gasteiger partial charge is 0.242 e. The van der Waals surface area contributed by atoms with Gasteiger partial charge >= 0.3 is 0 Å². The number of fused-ring (bicyclic) bond motifs is 3. The number of anilines is 1. The summed E-state index contributed by atoms with van der Waals surface area (Å²) in [7, 11) is -3.94. The van der Waals surface area contributed by atoms with Gasteiger partial charge in [-0.15, -0.1) is 10.2 Å². The lowest BCUT2D eigenvalue weighted by Gasteiger charge is -2.35. The van der Waals surface area contributed by atoms with Crippen molar-refractivity contribution in [1.29, 1.82) is 5.26 Å². The van der Waals surface area contributed by atoms with Crippen molar-refractivity contribution in [2.75, 3.05) is 31.1 Å². The predicted octanol–water partition coefficient (Wildman–Crippen LogP) is 2.70. The van der Waals surface area contributed by atoms with E-state index in [2.05, 4.69) is 35.9 Å². The molecule has 1 saturated heterocycles. The average Bonchev–Trinajstić information content (AvgIpc) is 3.90. The molecule has 8 rings (SSSR count). The van der Waals surface area contributed by atoms with Gasteiger partial charge in [-0.3, -0.25) is 9.36 Å². The molecule has 1 N–H and O–H groups in total. The van der Waals surface area contributed by atoms with E-state index >= 15 is 0 Å². The summed E-state index contributed by atoms with van der Waals surface area (Å²) >= 11 is 1.50. The number of nitrogens with zero attached hydrogens (tertiary/aromatic N) is 8. The number of aromatic nitrogens is 5. The molecule has 0 unspecified atom stereocenters. The van der Waals surface area contributed by atoms with Gasteiger partial charge in [-0.1, -0.05) is 17.4 Å². The molecule has 14 heteroatoms. The highest BCUT2D eigenvalue weighted by Gasteiger charge is 2.47. The van der Waals surface area contributed by atoms with Crippen molar-refractivity contribution >= 4 is 55.0 Å². The second kappa shape index (κ2) is 8.91. The zero-order chi connectivity index (χ0) is 27.9. The number of sulfonamides is 1. The van der Waals surface area contributed by atoms with Crippen LogP contribution < -0.4 is 9.62 Å². The molecule has 0 atom stereocenters. The lowest BCUT2D eigenvalue weighted by Crippen LogP contribution is -2.49. The fourth-order valence-electron chi connectivity index (χ4n) is 5.62. The summed E-state index contributed by atoms with van der Waals surface area (Å²) in [6.45, 7) is 2.56. The van der Waals surface area contributed by atoms with E-state index in [0.717, 1.165) is 47.3 Å². The van der Waals surface area contributed by atoms with E-state index in [1.54, 1.807) is 18.2 Å². The Kier molecular flexibility index (Phi) is 5.45. The Bertz CT molecular complexity index is 1870. The summed E-state index contributed by atoms with van der Waals surface area (Å²) in [6, 6.07) is 7.08. The summed E-state index contributed by atoms with van der Waals surface area (Å²) in [5.74, 6) is 1.62. The Labute approximate surface area is 240 Å². The van der Waals surface area contributed by atoms with Crippen molar-refractivity contribution < 1.29 is 13.2 Å². The number of rotatable bonds is 7. The molecular formula is C27H27N9O3S2. The number of carbonyl (C=O) groups is 1. The van der Waals surface area contributed by atoms with Gasteiger partial charge in [-0.2, -0.15) is 9.98 Å². The molecule has 12 nitrogen and oxygen atoms in total. The fourth-order valence-corrected chi connectivity index (χ4v) is 8.04. The first-order valence-electron chi connectivity index (χ1n) is 14.0. The second-order valence-electron chi connectivity index (χ2n) is 11.5. The van der Waals surface area contributed by atoms with Crippen molar-refractivity contribution in [3.05, 3.63) is 29.5 Å². The molecule has 1 amide bonds. The van der Waals surface area contributed by atoms with Crippen LogP contribution in [0.15, 0.2) is 29.4 Å². The van der Waals surface area contributed by atoms with Crippen molar-refractivity contribution in [2.24, 2.45) is 5.92 Å². The minimum absolute atomic E-state index is 0.0734. The highest BCUT2D eigenvalue weighted by Crippen LogP contribution is 2.44. The third-order valence-electron chi connectivity index (χ3n) is 8.47. The number of benzene rings is 1. The van der Waals surface area contributed by atoms with Crippen LogP contribution in [0.5, 0.6) is 0 Å². The van der Waals surface area contributed by atoms with E-state index < -0.39 is 15.6 Å². The maximum absolute atomic E-state index is 13.3. The van der Waals surface area contributed by atoms with E-state index in [4.69, 9.17) is 0 Å². The minimum atomic E-state index is -3.94. The van der Waals surface area contributed by atoms with Gasteiger partial charge in [0, 0.05) is 43.4 Å². The van der Waals surface area contributed by atoms with Crippen LogP contribution in [0.25, 0.3) is 27.1 Å². The zero-order valence-corrected chi connectivity index (χ0v) is 23.8. The highest BCUT2D eigenvalue weighted by molar-refractivity contribution is 7.89. The SMILES string of the molecule is N#CC1(NS(=O)(=O)c2ccc3c4c(N5CCN(C(=O)C6CC6)CC5)ncnc4n(-c4nnc(C5CC5)s4)c3c2)CC1. The molecule has 4 aliphatic rings. The third-order valence-corrected chi connectivity index (χ3v) is 11.1. The molecule has 1 aromatic carbocycles. The predicted molar refractivity (Wildman–Crippen MR) is 151 cm³/mol. The number of hydrogen-bond acceptors (Lipinski definition) is 10. The van der Waals surface area contributed by atoms with Crippen molar-refractivity contribution in [1.82, 2.24) is 34.4 Å². The average molecular weight is 590 g/mol. The van der Waals surface area contributed by atoms with Crippen LogP contribution in [0.2, 0.25) is 0 Å². The van der Waals surface area contributed by atoms with Crippen molar-refractivity contribution in [2.45, 2.75) is 54.9 Å². The number of piperazine rings is 1. The number of nitriles is 1. The number of amides is 1. The molecule has 3 aliphatic carbocycles. The van der Waals surface area contributed by atoms with Crippen molar-refractivity contribution in [3.63, 3.8) is 0 Å². The molecule has 0 spiro atoms. The van der Waals surface area contributed by atoms with E-state index in [9.17, 15) is 18.5 Å². The summed E-state index contributed by atoms with van der Waals surface area (Å²) in [4.78, 5) is 26.2. The molecule has 3 aromatic heterocycles. The Hall–Kier alpha value is -3.67. The first kappa shape index (κ1) is 25.1. The molecule has 41 heavy (non-hydrogen) atoms. The van der Waals surface area contributed by atoms with Gasteiger partial charge in [0.05, 0.1) is 21.9 Å². The van der Waals surface area contributed by atoms with Gasteiger partial charge in [0.15, 0.2) is 5.65 Å². The highest BCUT2D eigenvalue weighted by atomic mass is 32.2. The van der Waals surface area contributed by atoms with Crippen LogP contribution in [-0.4, -0.2) is 75.7 Å². The van der Waals surface area contributed by atoms with Gasteiger partial charge in [-0.05, 0) is 50.7 Å². The summed E-state index contributed by atoms with van der Waals surface area (Å²) in [6.07, 6.45) is 6.70. The topological polar surface area (TPSA) is 150 Å². The lowest BCUT2D eigenvalue weighted by atomic mass is 10.2. The maximum atomic E-state index is 13.3. The molecular weight excluding hydrogens is 562 g/mol. The summed E-state index contributed by atoms with van der Waals surface area (Å²) < 4.78 is 31.2. The lowest BCUT2D eigenvalue weighted by molar-refractivity contribution is -0.132. The number of nitrogens with one attached hydrogen (secondary N) is 1. The number of carbonyl (C=O) groups excluding carboxylic acids is 1. The van der Waals surface area contributed by atoms with Crippen LogP contribution in [0, 0.1) is 17.2 Å². The van der Waals surface area contributed by atoms with Gasteiger partial charge in [0.25, 0.3) is 0 Å². The maximum Gasteiger partial charge on any atom is 0.242 e. The normalized spacial score (nSPS) is 20.5. The van der Waals surface area contributed by atoms with E-state index in [0.29, 0.717) is 61.2 Å². The molecule has 0 bridgehead atoms. The number of hydrogen-bond donors (Lipinski definition) is 1. The molecule has 4 heterocycles. The third kappa shape index (κ3) is 4.25. The quantitative estimate of drug-likeness (QED) is 0.343. The monoisotopic (exact) mass is 589 g/mol. The minimum Gasteiger partial charge on any atom is -0.352 e. The Morgan fingerprint density at radius 1 is 1.07 bits per heavy atom. The van der Waals surface area contributed by atoms with E-state index in [-0.39, 0.29) is 16.7 Å². The van der Waals surface area contributed by atoms with Crippen LogP contribution in [-0.2, 0) is 14.8 Å². The molecule has 0 radical (unpaired) electrons. The van der Waals surface area contributed by atoms with E-state index in [1.807, 2.05) is 9.47 Å². The van der Waals surface area contributed by atoms with Crippen LogP contribution >= 0.6 is 11.3 Å². The van der Waals surface area contributed by atoms with Crippen molar-refractivity contribution in [3.8, 4) is 11.2 Å². The molecule has 1 aliphatic heterocycles. The summed E-state index contributed by atoms with van der Waals surface area (Å²) in [5, 5.41) is 21.6. The first-order chi connectivity index (χ1) is 19.9. The fraction of sp³-hybridized carbons (Fsp3) is 0.481.